The lowest BCUT2D eigenvalue weighted by Crippen LogP contribution is -2.48. The number of ether oxygens (including phenoxy) is 1. The summed E-state index contributed by atoms with van der Waals surface area (Å²) in [7, 11) is 4.23. The first kappa shape index (κ1) is 21.7. The van der Waals surface area contributed by atoms with Gasteiger partial charge in [-0.15, -0.1) is 5.10 Å². The highest BCUT2D eigenvalue weighted by Crippen LogP contribution is 2.34. The van der Waals surface area contributed by atoms with E-state index in [0.717, 1.165) is 42.0 Å². The Labute approximate surface area is 201 Å². The number of rotatable bonds is 6. The molecular formula is C24H27N7O4. The Morgan fingerprint density at radius 3 is 2.89 bits per heavy atom. The van der Waals surface area contributed by atoms with Crippen LogP contribution in [0.4, 0.5) is 10.6 Å². The van der Waals surface area contributed by atoms with Crippen molar-refractivity contribution in [2.75, 3.05) is 32.1 Å². The zero-order chi connectivity index (χ0) is 24.1. The second kappa shape index (κ2) is 8.42. The van der Waals surface area contributed by atoms with E-state index in [1.54, 1.807) is 23.0 Å². The van der Waals surface area contributed by atoms with Crippen LogP contribution in [0.1, 0.15) is 19.3 Å². The molecule has 6 rings (SSSR count). The molecule has 1 aliphatic carbocycles. The predicted octanol–water partition coefficient (Wildman–Crippen LogP) is 2.86. The predicted molar refractivity (Wildman–Crippen MR) is 129 cm³/mol. The number of fused-ring (bicyclic) bond motifs is 2. The molecule has 1 saturated heterocycles. The second-order valence-electron chi connectivity index (χ2n) is 9.45. The van der Waals surface area contributed by atoms with Crippen molar-refractivity contribution in [3.05, 3.63) is 36.7 Å². The number of amides is 1. The van der Waals surface area contributed by atoms with Crippen molar-refractivity contribution in [2.24, 2.45) is 0 Å². The summed E-state index contributed by atoms with van der Waals surface area (Å²) in [6.07, 6.45) is 4.78. The number of hydrogen-bond acceptors (Lipinski definition) is 8. The molecule has 1 aliphatic heterocycles. The fourth-order valence-corrected chi connectivity index (χ4v) is 4.90. The van der Waals surface area contributed by atoms with Gasteiger partial charge in [-0.05, 0) is 38.7 Å². The molecule has 0 spiro atoms. The Hall–Kier alpha value is -3.86. The average molecular weight is 478 g/mol. The number of pyridine rings is 1. The van der Waals surface area contributed by atoms with Crippen LogP contribution in [0.2, 0.25) is 0 Å². The number of likely N-dealkylation sites (N-methyl/N-ethyl adjacent to an activating group) is 1. The van der Waals surface area contributed by atoms with Gasteiger partial charge in [0.05, 0.1) is 11.6 Å². The van der Waals surface area contributed by atoms with Crippen LogP contribution >= 0.6 is 0 Å². The third-order valence-electron chi connectivity index (χ3n) is 6.92. The van der Waals surface area contributed by atoms with Crippen molar-refractivity contribution in [1.29, 1.82) is 0 Å². The Morgan fingerprint density at radius 2 is 2.11 bits per heavy atom. The maximum atomic E-state index is 10.8. The van der Waals surface area contributed by atoms with Crippen LogP contribution in [0.25, 0.3) is 28.1 Å². The fraction of sp³-hybridized carbons (Fsp3) is 0.417. The topological polar surface area (TPSA) is 121 Å². The second-order valence-corrected chi connectivity index (χ2v) is 9.45. The zero-order valence-electron chi connectivity index (χ0n) is 19.6. The molecule has 35 heavy (non-hydrogen) atoms. The highest BCUT2D eigenvalue weighted by atomic mass is 16.5. The van der Waals surface area contributed by atoms with Gasteiger partial charge >= 0.3 is 6.09 Å². The maximum Gasteiger partial charge on any atom is 0.404 e. The Kier molecular flexibility index (Phi) is 5.21. The SMILES string of the molecule is CN(C)[C@@H]1CCN(c2nccc3oc(-c4cnc5ccc(OC6CC(NC(=O)O)C6)nn45)cc23)C1. The average Bonchev–Trinajstić information content (AvgIpc) is 3.54. The molecule has 4 aromatic rings. The minimum atomic E-state index is -1.01. The summed E-state index contributed by atoms with van der Waals surface area (Å²) < 4.78 is 13.9. The molecule has 2 fully saturated rings. The van der Waals surface area contributed by atoms with E-state index in [4.69, 9.17) is 14.3 Å². The molecule has 11 nitrogen and oxygen atoms in total. The minimum Gasteiger partial charge on any atom is -0.473 e. The number of nitrogens with one attached hydrogen (secondary N) is 1. The highest BCUT2D eigenvalue weighted by Gasteiger charge is 2.32. The quantitative estimate of drug-likeness (QED) is 0.432. The lowest BCUT2D eigenvalue weighted by molar-refractivity contribution is 0.0782. The van der Waals surface area contributed by atoms with E-state index in [1.807, 2.05) is 18.2 Å². The Balaban J connectivity index is 1.27. The van der Waals surface area contributed by atoms with Crippen LogP contribution in [0, 0.1) is 0 Å². The molecule has 0 bridgehead atoms. The summed E-state index contributed by atoms with van der Waals surface area (Å²) >= 11 is 0. The first-order valence-electron chi connectivity index (χ1n) is 11.8. The van der Waals surface area contributed by atoms with Crippen LogP contribution < -0.4 is 15.0 Å². The van der Waals surface area contributed by atoms with Crippen molar-refractivity contribution in [1.82, 2.24) is 29.8 Å². The molecular weight excluding hydrogens is 450 g/mol. The number of aromatic nitrogens is 4. The van der Waals surface area contributed by atoms with E-state index in [9.17, 15) is 4.79 Å². The Bertz CT molecular complexity index is 1390. The standard InChI is InChI=1S/C24H27N7O4/c1-29(2)15-6-8-30(13-15)23-17-11-20(35-19(17)5-7-25-23)18-12-26-21-3-4-22(28-31(18)21)34-16-9-14(10-16)27-24(32)33/h3-5,7,11-12,14-16,27H,6,8-10,13H2,1-2H3,(H,32,33)/t14?,15-,16?/m1/s1. The molecule has 1 amide bonds. The number of anilines is 1. The van der Waals surface area contributed by atoms with Crippen molar-refractivity contribution in [3.63, 3.8) is 0 Å². The van der Waals surface area contributed by atoms with E-state index in [-0.39, 0.29) is 12.1 Å². The summed E-state index contributed by atoms with van der Waals surface area (Å²) in [6, 6.07) is 7.94. The molecule has 5 heterocycles. The molecule has 2 N–H and O–H groups in total. The summed E-state index contributed by atoms with van der Waals surface area (Å²) in [5, 5.41) is 16.9. The van der Waals surface area contributed by atoms with Crippen LogP contribution in [-0.4, -0.2) is 81.1 Å². The summed E-state index contributed by atoms with van der Waals surface area (Å²) in [5.74, 6) is 2.05. The number of carbonyl (C=O) groups is 1. The minimum absolute atomic E-state index is 0.0740. The summed E-state index contributed by atoms with van der Waals surface area (Å²) in [5.41, 5.74) is 2.17. The van der Waals surface area contributed by atoms with Gasteiger partial charge in [-0.25, -0.2) is 19.3 Å². The highest BCUT2D eigenvalue weighted by molar-refractivity contribution is 5.92. The molecule has 1 saturated carbocycles. The van der Waals surface area contributed by atoms with Crippen LogP contribution in [0.3, 0.4) is 0 Å². The van der Waals surface area contributed by atoms with E-state index < -0.39 is 6.09 Å². The molecule has 2 aliphatic rings. The normalized spacial score (nSPS) is 22.1. The lowest BCUT2D eigenvalue weighted by atomic mass is 9.89. The van der Waals surface area contributed by atoms with Gasteiger partial charge in [0, 0.05) is 50.3 Å². The molecule has 11 heteroatoms. The molecule has 1 atom stereocenters. The van der Waals surface area contributed by atoms with Crippen LogP contribution in [0.5, 0.6) is 5.88 Å². The number of nitrogens with zero attached hydrogens (tertiary/aromatic N) is 6. The largest absolute Gasteiger partial charge is 0.473 e. The number of hydrogen-bond donors (Lipinski definition) is 2. The van der Waals surface area contributed by atoms with Gasteiger partial charge in [0.2, 0.25) is 5.88 Å². The van der Waals surface area contributed by atoms with Gasteiger partial charge in [0.1, 0.15) is 23.2 Å². The van der Waals surface area contributed by atoms with E-state index >= 15 is 0 Å². The van der Waals surface area contributed by atoms with Gasteiger partial charge < -0.3 is 29.4 Å². The molecule has 0 radical (unpaired) electrons. The van der Waals surface area contributed by atoms with Gasteiger partial charge in [0.25, 0.3) is 0 Å². The third kappa shape index (κ3) is 4.01. The molecule has 182 valence electrons. The summed E-state index contributed by atoms with van der Waals surface area (Å²) in [6.45, 7) is 1.89. The van der Waals surface area contributed by atoms with Crippen LogP contribution in [-0.2, 0) is 0 Å². The molecule has 0 unspecified atom stereocenters. The van der Waals surface area contributed by atoms with Crippen molar-refractivity contribution in [3.8, 4) is 17.3 Å². The lowest BCUT2D eigenvalue weighted by Gasteiger charge is -2.34. The zero-order valence-corrected chi connectivity index (χ0v) is 19.6. The maximum absolute atomic E-state index is 10.8. The van der Waals surface area contributed by atoms with Gasteiger partial charge in [0.15, 0.2) is 11.4 Å². The first-order chi connectivity index (χ1) is 16.9. The van der Waals surface area contributed by atoms with E-state index in [0.29, 0.717) is 36.2 Å². The fourth-order valence-electron chi connectivity index (χ4n) is 4.90. The smallest absolute Gasteiger partial charge is 0.404 e. The number of furan rings is 1. The molecule has 4 aromatic heterocycles. The van der Waals surface area contributed by atoms with Gasteiger partial charge in [-0.3, -0.25) is 0 Å². The van der Waals surface area contributed by atoms with Crippen LogP contribution in [0.15, 0.2) is 41.1 Å². The van der Waals surface area contributed by atoms with E-state index in [1.165, 1.54) is 0 Å². The summed E-state index contributed by atoms with van der Waals surface area (Å²) in [4.78, 5) is 24.5. The Morgan fingerprint density at radius 1 is 1.26 bits per heavy atom. The third-order valence-corrected chi connectivity index (χ3v) is 6.92. The first-order valence-corrected chi connectivity index (χ1v) is 11.8. The number of imidazole rings is 1. The monoisotopic (exact) mass is 477 g/mol. The van der Waals surface area contributed by atoms with Crippen molar-refractivity contribution >= 4 is 28.5 Å². The molecule has 0 aromatic carbocycles. The van der Waals surface area contributed by atoms with Crippen molar-refractivity contribution in [2.45, 2.75) is 37.5 Å². The van der Waals surface area contributed by atoms with Crippen molar-refractivity contribution < 1.29 is 19.1 Å². The van der Waals surface area contributed by atoms with Gasteiger partial charge in [-0.1, -0.05) is 0 Å². The van der Waals surface area contributed by atoms with Gasteiger partial charge in [-0.2, -0.15) is 0 Å². The van der Waals surface area contributed by atoms with E-state index in [2.05, 4.69) is 44.3 Å². The number of carboxylic acid groups (broad SMARTS) is 1.